The van der Waals surface area contributed by atoms with Crippen LogP contribution in [0.1, 0.15) is 13.8 Å². The van der Waals surface area contributed by atoms with Gasteiger partial charge in [0.15, 0.2) is 0 Å². The molecule has 0 radical (unpaired) electrons. The van der Waals surface area contributed by atoms with Crippen molar-refractivity contribution in [2.75, 3.05) is 53.5 Å². The third kappa shape index (κ3) is 5.37. The Morgan fingerprint density at radius 1 is 1.35 bits per heavy atom. The van der Waals surface area contributed by atoms with Gasteiger partial charge in [-0.25, -0.2) is 4.79 Å². The van der Waals surface area contributed by atoms with Crippen molar-refractivity contribution < 1.29 is 9.53 Å². The highest BCUT2D eigenvalue weighted by atomic mass is 16.5. The highest BCUT2D eigenvalue weighted by Gasteiger charge is 2.22. The average Bonchev–Trinajstić information content (AvgIpc) is 2.25. The lowest BCUT2D eigenvalue weighted by Gasteiger charge is -2.31. The second-order valence-corrected chi connectivity index (χ2v) is 5.66. The third-order valence-electron chi connectivity index (χ3n) is 2.76. The molecular weight excluding hydrogens is 218 g/mol. The van der Waals surface area contributed by atoms with E-state index in [-0.39, 0.29) is 11.4 Å². The summed E-state index contributed by atoms with van der Waals surface area (Å²) in [6, 6.07) is 0.0279. The van der Waals surface area contributed by atoms with Gasteiger partial charge >= 0.3 is 6.03 Å². The van der Waals surface area contributed by atoms with Crippen LogP contribution in [0.25, 0.3) is 0 Å². The molecule has 0 bridgehead atoms. The summed E-state index contributed by atoms with van der Waals surface area (Å²) in [7, 11) is 4.09. The average molecular weight is 243 g/mol. The minimum atomic E-state index is 0.0279. The zero-order chi connectivity index (χ0) is 12.9. The number of hydrogen-bond donors (Lipinski definition) is 1. The van der Waals surface area contributed by atoms with Crippen LogP contribution in [0.4, 0.5) is 4.79 Å². The first-order chi connectivity index (χ1) is 7.91. The zero-order valence-corrected chi connectivity index (χ0v) is 11.5. The van der Waals surface area contributed by atoms with Gasteiger partial charge in [0, 0.05) is 26.2 Å². The summed E-state index contributed by atoms with van der Waals surface area (Å²) >= 11 is 0. The molecule has 0 spiro atoms. The van der Waals surface area contributed by atoms with Crippen molar-refractivity contribution in [2.45, 2.75) is 13.8 Å². The highest BCUT2D eigenvalue weighted by Crippen LogP contribution is 2.14. The third-order valence-corrected chi connectivity index (χ3v) is 2.76. The molecule has 1 heterocycles. The Kier molecular flexibility index (Phi) is 5.21. The molecule has 0 aliphatic carbocycles. The van der Waals surface area contributed by atoms with Gasteiger partial charge < -0.3 is 19.9 Å². The summed E-state index contributed by atoms with van der Waals surface area (Å²) in [5.41, 5.74) is 0.0887. The van der Waals surface area contributed by atoms with E-state index in [2.05, 4.69) is 24.1 Å². The van der Waals surface area contributed by atoms with E-state index < -0.39 is 0 Å². The van der Waals surface area contributed by atoms with E-state index in [1.165, 1.54) is 0 Å². The summed E-state index contributed by atoms with van der Waals surface area (Å²) in [6.07, 6.45) is 0. The number of nitrogens with zero attached hydrogens (tertiary/aromatic N) is 2. The Hall–Kier alpha value is -0.810. The summed E-state index contributed by atoms with van der Waals surface area (Å²) in [5, 5.41) is 3.00. The van der Waals surface area contributed by atoms with Gasteiger partial charge in [-0.15, -0.1) is 0 Å². The number of amides is 2. The molecule has 1 aliphatic rings. The lowest BCUT2D eigenvalue weighted by Crippen LogP contribution is -2.49. The van der Waals surface area contributed by atoms with E-state index in [0.29, 0.717) is 32.8 Å². The first kappa shape index (κ1) is 14.3. The number of carbonyl (C=O) groups is 1. The second kappa shape index (κ2) is 6.21. The fraction of sp³-hybridized carbons (Fsp3) is 0.917. The minimum Gasteiger partial charge on any atom is -0.378 e. The summed E-state index contributed by atoms with van der Waals surface area (Å²) in [6.45, 7) is 8.65. The van der Waals surface area contributed by atoms with E-state index in [1.54, 1.807) is 0 Å². The largest absolute Gasteiger partial charge is 0.378 e. The monoisotopic (exact) mass is 243 g/mol. The Bertz CT molecular complexity index is 248. The molecule has 0 aromatic rings. The van der Waals surface area contributed by atoms with Gasteiger partial charge in [0.05, 0.1) is 13.2 Å². The lowest BCUT2D eigenvalue weighted by atomic mass is 9.93. The van der Waals surface area contributed by atoms with Crippen LogP contribution >= 0.6 is 0 Å². The van der Waals surface area contributed by atoms with Crippen molar-refractivity contribution >= 4 is 6.03 Å². The number of urea groups is 1. The standard InChI is InChI=1S/C12H25N3O2/c1-12(2,10-14(3)4)9-13-11(16)15-5-7-17-8-6-15/h5-10H2,1-4H3,(H,13,16). The quantitative estimate of drug-likeness (QED) is 0.787. The highest BCUT2D eigenvalue weighted by molar-refractivity contribution is 5.74. The number of ether oxygens (including phenoxy) is 1. The Labute approximate surface area is 104 Å². The Morgan fingerprint density at radius 3 is 2.47 bits per heavy atom. The number of hydrogen-bond acceptors (Lipinski definition) is 3. The lowest BCUT2D eigenvalue weighted by molar-refractivity contribution is 0.0524. The fourth-order valence-corrected chi connectivity index (χ4v) is 2.11. The van der Waals surface area contributed by atoms with Crippen LogP contribution in [0, 0.1) is 5.41 Å². The van der Waals surface area contributed by atoms with Gasteiger partial charge in [-0.3, -0.25) is 0 Å². The van der Waals surface area contributed by atoms with Crippen molar-refractivity contribution in [2.24, 2.45) is 5.41 Å². The van der Waals surface area contributed by atoms with Gasteiger partial charge in [0.25, 0.3) is 0 Å². The number of morpholine rings is 1. The molecule has 1 rings (SSSR count). The number of nitrogens with one attached hydrogen (secondary N) is 1. The Balaban J connectivity index is 2.31. The molecule has 1 saturated heterocycles. The molecular formula is C12H25N3O2. The van der Waals surface area contributed by atoms with Gasteiger partial charge in [-0.1, -0.05) is 13.8 Å². The molecule has 5 nitrogen and oxygen atoms in total. The maximum Gasteiger partial charge on any atom is 0.317 e. The molecule has 1 aliphatic heterocycles. The molecule has 0 aromatic heterocycles. The van der Waals surface area contributed by atoms with E-state index >= 15 is 0 Å². The summed E-state index contributed by atoms with van der Waals surface area (Å²) in [4.78, 5) is 15.8. The van der Waals surface area contributed by atoms with E-state index in [4.69, 9.17) is 4.74 Å². The van der Waals surface area contributed by atoms with Crippen LogP contribution in [0.15, 0.2) is 0 Å². The van der Waals surface area contributed by atoms with Gasteiger partial charge in [-0.2, -0.15) is 0 Å². The first-order valence-electron chi connectivity index (χ1n) is 6.16. The number of carbonyl (C=O) groups excluding carboxylic acids is 1. The van der Waals surface area contributed by atoms with Crippen molar-refractivity contribution in [1.29, 1.82) is 0 Å². The zero-order valence-electron chi connectivity index (χ0n) is 11.5. The van der Waals surface area contributed by atoms with Crippen LogP contribution in [0.5, 0.6) is 0 Å². The topological polar surface area (TPSA) is 44.8 Å². The normalized spacial score (nSPS) is 17.4. The first-order valence-corrected chi connectivity index (χ1v) is 6.16. The van der Waals surface area contributed by atoms with E-state index in [1.807, 2.05) is 19.0 Å². The van der Waals surface area contributed by atoms with Crippen LogP contribution in [0.2, 0.25) is 0 Å². The molecule has 0 unspecified atom stereocenters. The molecule has 100 valence electrons. The Morgan fingerprint density at radius 2 is 1.94 bits per heavy atom. The molecule has 1 N–H and O–H groups in total. The smallest absolute Gasteiger partial charge is 0.317 e. The van der Waals surface area contributed by atoms with Crippen LogP contribution < -0.4 is 5.32 Å². The van der Waals surface area contributed by atoms with E-state index in [0.717, 1.165) is 6.54 Å². The van der Waals surface area contributed by atoms with Gasteiger partial charge in [0.2, 0.25) is 0 Å². The molecule has 5 heteroatoms. The molecule has 2 amide bonds. The predicted octanol–water partition coefficient (Wildman–Crippen LogP) is 0.616. The number of rotatable bonds is 4. The van der Waals surface area contributed by atoms with Crippen molar-refractivity contribution in [3.8, 4) is 0 Å². The van der Waals surface area contributed by atoms with Crippen molar-refractivity contribution in [3.05, 3.63) is 0 Å². The molecule has 1 fully saturated rings. The van der Waals surface area contributed by atoms with Crippen LogP contribution in [0.3, 0.4) is 0 Å². The van der Waals surface area contributed by atoms with Gasteiger partial charge in [0.1, 0.15) is 0 Å². The molecule has 0 aromatic carbocycles. The molecule has 17 heavy (non-hydrogen) atoms. The SMILES string of the molecule is CN(C)CC(C)(C)CNC(=O)N1CCOCC1. The fourth-order valence-electron chi connectivity index (χ4n) is 2.11. The maximum absolute atomic E-state index is 11.9. The predicted molar refractivity (Wildman–Crippen MR) is 68.1 cm³/mol. The van der Waals surface area contributed by atoms with Crippen LogP contribution in [-0.2, 0) is 4.74 Å². The van der Waals surface area contributed by atoms with Gasteiger partial charge in [-0.05, 0) is 19.5 Å². The van der Waals surface area contributed by atoms with Crippen molar-refractivity contribution in [1.82, 2.24) is 15.1 Å². The molecule has 0 saturated carbocycles. The summed E-state index contributed by atoms with van der Waals surface area (Å²) < 4.78 is 5.22. The van der Waals surface area contributed by atoms with E-state index in [9.17, 15) is 4.79 Å². The maximum atomic E-state index is 11.9. The van der Waals surface area contributed by atoms with Crippen LogP contribution in [-0.4, -0.2) is 69.3 Å². The van der Waals surface area contributed by atoms with Crippen molar-refractivity contribution in [3.63, 3.8) is 0 Å². The second-order valence-electron chi connectivity index (χ2n) is 5.66. The molecule has 0 atom stereocenters. The summed E-state index contributed by atoms with van der Waals surface area (Å²) in [5.74, 6) is 0. The minimum absolute atomic E-state index is 0.0279.